The van der Waals surface area contributed by atoms with E-state index in [0.29, 0.717) is 13.1 Å². The average molecular weight is 313 g/mol. The molecule has 0 bridgehead atoms. The Labute approximate surface area is 135 Å². The topological polar surface area (TPSA) is 56.1 Å². The number of hydrogen-bond acceptors (Lipinski definition) is 4. The molecule has 0 saturated carbocycles. The highest BCUT2D eigenvalue weighted by Gasteiger charge is 2.15. The minimum Gasteiger partial charge on any atom is -0.360 e. The Hall–Kier alpha value is -2.45. The fraction of sp³-hybridized carbons (Fsp3) is 0.176. The Kier molecular flexibility index (Phi) is 7.58. The van der Waals surface area contributed by atoms with Crippen molar-refractivity contribution in [2.45, 2.75) is 4.90 Å². The first-order chi connectivity index (χ1) is 10.7. The number of thioether (sulfide) groups is 1. The Morgan fingerprint density at radius 3 is 2.64 bits per heavy atom. The molecule has 0 saturated heterocycles. The lowest BCUT2D eigenvalue weighted by atomic mass is 10.2. The van der Waals surface area contributed by atoms with Crippen LogP contribution in [0.1, 0.15) is 0 Å². The third-order valence-corrected chi connectivity index (χ3v) is 3.52. The summed E-state index contributed by atoms with van der Waals surface area (Å²) in [5, 5.41) is 12.2. The lowest BCUT2D eigenvalue weighted by molar-refractivity contribution is -0.125. The fourth-order valence-corrected chi connectivity index (χ4v) is 2.19. The smallest absolute Gasteiger partial charge is 0.266 e. The zero-order valence-corrected chi connectivity index (χ0v) is 13.4. The highest BCUT2D eigenvalue weighted by atomic mass is 32.2. The van der Waals surface area contributed by atoms with Crippen molar-refractivity contribution in [2.24, 2.45) is 0 Å². The van der Waals surface area contributed by atoms with Gasteiger partial charge < -0.3 is 10.2 Å². The van der Waals surface area contributed by atoms with E-state index in [2.05, 4.69) is 18.5 Å². The van der Waals surface area contributed by atoms with Crippen LogP contribution in [0.3, 0.4) is 0 Å². The van der Waals surface area contributed by atoms with Crippen molar-refractivity contribution in [3.05, 3.63) is 61.3 Å². The van der Waals surface area contributed by atoms with Crippen LogP contribution < -0.4 is 5.32 Å². The zero-order chi connectivity index (χ0) is 16.4. The normalized spacial score (nSPS) is 10.5. The van der Waals surface area contributed by atoms with Crippen molar-refractivity contribution in [2.75, 3.05) is 24.7 Å². The highest BCUT2D eigenvalue weighted by molar-refractivity contribution is 7.98. The van der Waals surface area contributed by atoms with Crippen LogP contribution in [0.25, 0.3) is 0 Å². The second-order valence-electron chi connectivity index (χ2n) is 4.33. The summed E-state index contributed by atoms with van der Waals surface area (Å²) in [4.78, 5) is 14.9. The molecule has 0 aliphatic heterocycles. The van der Waals surface area contributed by atoms with E-state index in [-0.39, 0.29) is 11.5 Å². The first-order valence-electron chi connectivity index (χ1n) is 6.68. The third kappa shape index (κ3) is 5.15. The van der Waals surface area contributed by atoms with Crippen molar-refractivity contribution in [3.63, 3.8) is 0 Å². The lowest BCUT2D eigenvalue weighted by Crippen LogP contribution is -2.32. The van der Waals surface area contributed by atoms with Gasteiger partial charge in [-0.05, 0) is 24.5 Å². The molecule has 0 aromatic heterocycles. The largest absolute Gasteiger partial charge is 0.360 e. The molecular formula is C17H19N3OS. The maximum absolute atomic E-state index is 12.3. The molecule has 4 nitrogen and oxygen atoms in total. The Morgan fingerprint density at radius 1 is 1.41 bits per heavy atom. The van der Waals surface area contributed by atoms with Crippen molar-refractivity contribution in [3.8, 4) is 6.07 Å². The van der Waals surface area contributed by atoms with Gasteiger partial charge >= 0.3 is 0 Å². The molecule has 1 aromatic carbocycles. The summed E-state index contributed by atoms with van der Waals surface area (Å²) in [6, 6.07) is 9.66. The first-order valence-corrected chi connectivity index (χ1v) is 7.90. The standard InChI is InChI=1S/C17H19N3OS/c1-4-9-20(10-5-2)17(21)14(12-18)13-19-15-7-6-8-16(11-15)22-3/h4-8,11,13,19H,1-2,9-10H2,3H3/b14-13-. The Morgan fingerprint density at radius 2 is 2.09 bits per heavy atom. The number of carbonyl (C=O) groups excluding carboxylic acids is 1. The number of carbonyl (C=O) groups is 1. The minimum absolute atomic E-state index is 0.0401. The van der Waals surface area contributed by atoms with E-state index in [0.717, 1.165) is 10.6 Å². The Bertz CT molecular complexity index is 607. The number of benzene rings is 1. The molecule has 114 valence electrons. The van der Waals surface area contributed by atoms with Crippen LogP contribution in [-0.4, -0.2) is 30.2 Å². The highest BCUT2D eigenvalue weighted by Crippen LogP contribution is 2.19. The maximum atomic E-state index is 12.3. The van der Waals surface area contributed by atoms with Gasteiger partial charge in [0.25, 0.3) is 5.91 Å². The molecule has 0 atom stereocenters. The zero-order valence-electron chi connectivity index (χ0n) is 12.6. The second kappa shape index (κ2) is 9.48. The second-order valence-corrected chi connectivity index (χ2v) is 5.21. The molecule has 5 heteroatoms. The van der Waals surface area contributed by atoms with Gasteiger partial charge in [-0.3, -0.25) is 4.79 Å². The summed E-state index contributed by atoms with van der Waals surface area (Å²) in [5.41, 5.74) is 0.865. The number of nitrogens with one attached hydrogen (secondary N) is 1. The van der Waals surface area contributed by atoms with Crippen molar-refractivity contribution >= 4 is 23.4 Å². The van der Waals surface area contributed by atoms with Gasteiger partial charge in [0.05, 0.1) is 0 Å². The van der Waals surface area contributed by atoms with Crippen LogP contribution in [-0.2, 0) is 4.79 Å². The quantitative estimate of drug-likeness (QED) is 0.346. The van der Waals surface area contributed by atoms with Gasteiger partial charge in [-0.2, -0.15) is 5.26 Å². The molecule has 1 N–H and O–H groups in total. The van der Waals surface area contributed by atoms with Crippen molar-refractivity contribution < 1.29 is 4.79 Å². The molecule has 0 unspecified atom stereocenters. The van der Waals surface area contributed by atoms with E-state index < -0.39 is 0 Å². The average Bonchev–Trinajstić information content (AvgIpc) is 2.55. The van der Waals surface area contributed by atoms with E-state index in [9.17, 15) is 10.1 Å². The lowest BCUT2D eigenvalue weighted by Gasteiger charge is -2.18. The summed E-state index contributed by atoms with van der Waals surface area (Å²) in [6.45, 7) is 7.96. The first kappa shape index (κ1) is 17.6. The predicted molar refractivity (Wildman–Crippen MR) is 92.5 cm³/mol. The molecule has 0 fully saturated rings. The van der Waals surface area contributed by atoms with E-state index in [1.807, 2.05) is 36.6 Å². The molecule has 0 spiro atoms. The van der Waals surface area contributed by atoms with Crippen molar-refractivity contribution in [1.82, 2.24) is 4.90 Å². The monoisotopic (exact) mass is 313 g/mol. The van der Waals surface area contributed by atoms with Gasteiger partial charge in [-0.25, -0.2) is 0 Å². The van der Waals surface area contributed by atoms with Gasteiger partial charge in [0, 0.05) is 29.9 Å². The number of nitrogens with zero attached hydrogens (tertiary/aromatic N) is 2. The number of amides is 1. The SMILES string of the molecule is C=CCN(CC=C)C(=O)/C(C#N)=C\Nc1cccc(SC)c1. The Balaban J connectivity index is 2.89. The summed E-state index contributed by atoms with van der Waals surface area (Å²) >= 11 is 1.62. The van der Waals surface area contributed by atoms with Crippen LogP contribution in [0.4, 0.5) is 5.69 Å². The van der Waals surface area contributed by atoms with Gasteiger partial charge in [0.2, 0.25) is 0 Å². The molecule has 1 rings (SSSR count). The molecule has 0 aliphatic rings. The minimum atomic E-state index is -0.351. The van der Waals surface area contributed by atoms with Gasteiger partial charge in [-0.1, -0.05) is 18.2 Å². The maximum Gasteiger partial charge on any atom is 0.266 e. The summed E-state index contributed by atoms with van der Waals surface area (Å²) in [6.07, 6.45) is 6.65. The summed E-state index contributed by atoms with van der Waals surface area (Å²) in [7, 11) is 0. The predicted octanol–water partition coefficient (Wildman–Crippen LogP) is 3.43. The van der Waals surface area contributed by atoms with E-state index in [1.54, 1.807) is 23.9 Å². The van der Waals surface area contributed by atoms with E-state index >= 15 is 0 Å². The molecule has 1 aromatic rings. The fourth-order valence-electron chi connectivity index (χ4n) is 1.73. The molecule has 0 heterocycles. The van der Waals surface area contributed by atoms with Crippen LogP contribution in [0.5, 0.6) is 0 Å². The number of hydrogen-bond donors (Lipinski definition) is 1. The summed E-state index contributed by atoms with van der Waals surface area (Å²) < 4.78 is 0. The van der Waals surface area contributed by atoms with Gasteiger partial charge in [-0.15, -0.1) is 24.9 Å². The van der Waals surface area contributed by atoms with Crippen LogP contribution in [0.15, 0.2) is 66.2 Å². The number of anilines is 1. The molecular weight excluding hydrogens is 294 g/mol. The van der Waals surface area contributed by atoms with Gasteiger partial charge in [0.1, 0.15) is 11.6 Å². The van der Waals surface area contributed by atoms with E-state index in [4.69, 9.17) is 0 Å². The summed E-state index contributed by atoms with van der Waals surface area (Å²) in [5.74, 6) is -0.351. The van der Waals surface area contributed by atoms with Gasteiger partial charge in [0.15, 0.2) is 0 Å². The number of rotatable bonds is 8. The molecule has 22 heavy (non-hydrogen) atoms. The molecule has 0 radical (unpaired) electrons. The molecule has 0 aliphatic carbocycles. The van der Waals surface area contributed by atoms with Crippen molar-refractivity contribution in [1.29, 1.82) is 5.26 Å². The van der Waals surface area contributed by atoms with Crippen LogP contribution in [0.2, 0.25) is 0 Å². The third-order valence-electron chi connectivity index (χ3n) is 2.79. The molecule has 1 amide bonds. The van der Waals surface area contributed by atoms with Crippen LogP contribution >= 0.6 is 11.8 Å². The van der Waals surface area contributed by atoms with E-state index in [1.165, 1.54) is 11.1 Å². The number of nitriles is 1. The van der Waals surface area contributed by atoms with Crippen LogP contribution in [0, 0.1) is 11.3 Å².